The Balaban J connectivity index is 1.95. The van der Waals surface area contributed by atoms with Crippen LogP contribution in [0.25, 0.3) is 0 Å². The van der Waals surface area contributed by atoms with Gasteiger partial charge in [0.1, 0.15) is 24.1 Å². The predicted octanol–water partition coefficient (Wildman–Crippen LogP) is -2.83. The van der Waals surface area contributed by atoms with Crippen LogP contribution in [0.1, 0.15) is 16.7 Å². The summed E-state index contributed by atoms with van der Waals surface area (Å²) in [7, 11) is 0. The fourth-order valence-corrected chi connectivity index (χ4v) is 2.43. The number of fused-ring (bicyclic) bond motifs is 1. The number of rotatable bonds is 3. The molecular weight excluding hydrogens is 284 g/mol. The minimum absolute atomic E-state index is 0.0471. The molecule has 21 heavy (non-hydrogen) atoms. The first-order chi connectivity index (χ1) is 10.1. The van der Waals surface area contributed by atoms with Gasteiger partial charge < -0.3 is 30.7 Å². The van der Waals surface area contributed by atoms with Gasteiger partial charge in [0.15, 0.2) is 24.4 Å². The van der Waals surface area contributed by atoms with Gasteiger partial charge in [-0.1, -0.05) is 0 Å². The van der Waals surface area contributed by atoms with Crippen molar-refractivity contribution in [2.75, 3.05) is 11.9 Å². The molecule has 2 aliphatic heterocycles. The summed E-state index contributed by atoms with van der Waals surface area (Å²) in [4.78, 5) is 26.5. The number of hydrogen-bond acceptors (Lipinski definition) is 8. The number of aliphatic hydroxyl groups is 3. The van der Waals surface area contributed by atoms with E-state index in [1.54, 1.807) is 0 Å². The number of amides is 1. The van der Waals surface area contributed by atoms with Crippen molar-refractivity contribution in [3.8, 4) is 0 Å². The molecule has 2 aliphatic rings. The van der Waals surface area contributed by atoms with Crippen molar-refractivity contribution in [1.29, 1.82) is 0 Å². The van der Waals surface area contributed by atoms with Gasteiger partial charge >= 0.3 is 0 Å². The summed E-state index contributed by atoms with van der Waals surface area (Å²) >= 11 is 0. The number of anilines is 1. The maximum absolute atomic E-state index is 11.8. The maximum Gasteiger partial charge on any atom is 0.275 e. The van der Waals surface area contributed by atoms with Crippen LogP contribution in [0.2, 0.25) is 0 Å². The molecule has 3 rings (SSSR count). The van der Waals surface area contributed by atoms with E-state index in [0.717, 1.165) is 0 Å². The Kier molecular flexibility index (Phi) is 3.37. The molecule has 1 fully saturated rings. The number of imidazole rings is 1. The molecule has 0 saturated carbocycles. The van der Waals surface area contributed by atoms with Crippen LogP contribution in [0, 0.1) is 0 Å². The fourth-order valence-electron chi connectivity index (χ4n) is 2.43. The molecule has 0 radical (unpaired) electrons. The summed E-state index contributed by atoms with van der Waals surface area (Å²) in [6.07, 6.45) is -3.70. The van der Waals surface area contributed by atoms with E-state index in [0.29, 0.717) is 6.29 Å². The molecule has 5 atom stereocenters. The highest BCUT2D eigenvalue weighted by Gasteiger charge is 2.45. The van der Waals surface area contributed by atoms with Gasteiger partial charge in [0.25, 0.3) is 5.91 Å². The summed E-state index contributed by atoms with van der Waals surface area (Å²) in [6, 6.07) is 0. The van der Waals surface area contributed by atoms with Gasteiger partial charge in [0, 0.05) is 0 Å². The van der Waals surface area contributed by atoms with Crippen molar-refractivity contribution in [2.45, 2.75) is 30.7 Å². The predicted molar refractivity (Wildman–Crippen MR) is 66.2 cm³/mol. The zero-order chi connectivity index (χ0) is 15.1. The lowest BCUT2D eigenvalue weighted by molar-refractivity contribution is -0.109. The van der Waals surface area contributed by atoms with E-state index in [1.807, 2.05) is 0 Å². The van der Waals surface area contributed by atoms with Crippen molar-refractivity contribution < 1.29 is 29.6 Å². The maximum atomic E-state index is 11.8. The van der Waals surface area contributed by atoms with Crippen molar-refractivity contribution in [2.24, 2.45) is 0 Å². The highest BCUT2D eigenvalue weighted by molar-refractivity contribution is 6.01. The van der Waals surface area contributed by atoms with Gasteiger partial charge in [-0.05, 0) is 0 Å². The Hall–Kier alpha value is -2.01. The van der Waals surface area contributed by atoms with E-state index in [9.17, 15) is 19.8 Å². The number of carbonyl (C=O) groups is 2. The number of ether oxygens (including phenoxy) is 1. The van der Waals surface area contributed by atoms with E-state index < -0.39 is 43.2 Å². The first-order valence-electron chi connectivity index (χ1n) is 6.28. The van der Waals surface area contributed by atoms with E-state index in [1.165, 1.54) is 10.9 Å². The molecule has 1 aromatic heterocycles. The monoisotopic (exact) mass is 298 g/mol. The third kappa shape index (κ3) is 2.08. The molecule has 114 valence electrons. The molecule has 0 bridgehead atoms. The molecule has 3 heterocycles. The van der Waals surface area contributed by atoms with Crippen LogP contribution >= 0.6 is 0 Å². The molecule has 0 spiro atoms. The van der Waals surface area contributed by atoms with Crippen molar-refractivity contribution in [3.05, 3.63) is 12.0 Å². The normalized spacial score (nSPS) is 35.0. The van der Waals surface area contributed by atoms with Crippen LogP contribution in [-0.4, -0.2) is 68.1 Å². The first-order valence-corrected chi connectivity index (χ1v) is 6.28. The Morgan fingerprint density at radius 1 is 1.38 bits per heavy atom. The molecule has 10 nitrogen and oxygen atoms in total. The molecule has 0 aromatic carbocycles. The molecular formula is C11H14N4O6. The molecule has 10 heteroatoms. The second-order valence-corrected chi connectivity index (χ2v) is 4.81. The van der Waals surface area contributed by atoms with Crippen LogP contribution in [0.15, 0.2) is 6.33 Å². The molecule has 1 aromatic rings. The molecule has 0 aliphatic carbocycles. The van der Waals surface area contributed by atoms with Crippen LogP contribution < -0.4 is 10.6 Å². The third-order valence-electron chi connectivity index (χ3n) is 3.52. The van der Waals surface area contributed by atoms with Crippen LogP contribution in [0.5, 0.6) is 0 Å². The van der Waals surface area contributed by atoms with Gasteiger partial charge in [-0.3, -0.25) is 14.2 Å². The number of aliphatic hydroxyl groups excluding tert-OH is 3. The van der Waals surface area contributed by atoms with E-state index in [-0.39, 0.29) is 11.5 Å². The Morgan fingerprint density at radius 3 is 2.76 bits per heavy atom. The number of nitrogens with zero attached hydrogens (tertiary/aromatic N) is 2. The average molecular weight is 298 g/mol. The van der Waals surface area contributed by atoms with Gasteiger partial charge in [-0.2, -0.15) is 0 Å². The lowest BCUT2D eigenvalue weighted by atomic mass is 10.1. The lowest BCUT2D eigenvalue weighted by Gasteiger charge is -2.25. The van der Waals surface area contributed by atoms with E-state index in [2.05, 4.69) is 15.6 Å². The van der Waals surface area contributed by atoms with Gasteiger partial charge in [0.05, 0.1) is 12.9 Å². The first kappa shape index (κ1) is 13.9. The summed E-state index contributed by atoms with van der Waals surface area (Å²) in [5.74, 6) is -0.336. The number of carbonyl (C=O) groups excluding carboxylic acids is 2. The molecule has 1 amide bonds. The zero-order valence-corrected chi connectivity index (χ0v) is 10.7. The fraction of sp³-hybridized carbons (Fsp3) is 0.545. The van der Waals surface area contributed by atoms with Gasteiger partial charge in [0.2, 0.25) is 0 Å². The molecule has 1 saturated heterocycles. The quantitative estimate of drug-likeness (QED) is 0.375. The second kappa shape index (κ2) is 5.07. The smallest absolute Gasteiger partial charge is 0.275 e. The minimum atomic E-state index is -1.30. The minimum Gasteiger partial charge on any atom is -0.394 e. The number of aldehydes is 1. The Morgan fingerprint density at radius 2 is 2.14 bits per heavy atom. The third-order valence-corrected chi connectivity index (χ3v) is 3.52. The van der Waals surface area contributed by atoms with Crippen LogP contribution in [0.4, 0.5) is 5.82 Å². The Labute approximate surface area is 118 Å². The SMILES string of the molecule is O=CC1NC(=O)c2ncn([C@@H]3O[C@H](CO)[C@@H](O)[C@H]3O)c2N1. The molecule has 1 unspecified atom stereocenters. The van der Waals surface area contributed by atoms with Crippen molar-refractivity contribution in [1.82, 2.24) is 14.9 Å². The molecule has 5 N–H and O–H groups in total. The lowest BCUT2D eigenvalue weighted by Crippen LogP contribution is -2.46. The number of nitrogens with one attached hydrogen (secondary N) is 2. The van der Waals surface area contributed by atoms with Crippen LogP contribution in [-0.2, 0) is 9.53 Å². The largest absolute Gasteiger partial charge is 0.394 e. The van der Waals surface area contributed by atoms with Crippen molar-refractivity contribution >= 4 is 18.0 Å². The number of aromatic nitrogens is 2. The van der Waals surface area contributed by atoms with E-state index >= 15 is 0 Å². The van der Waals surface area contributed by atoms with Crippen LogP contribution in [0.3, 0.4) is 0 Å². The topological polar surface area (TPSA) is 146 Å². The Bertz CT molecular complexity index is 575. The summed E-state index contributed by atoms with van der Waals surface area (Å²) in [5, 5.41) is 33.9. The van der Waals surface area contributed by atoms with Gasteiger partial charge in [-0.25, -0.2) is 4.98 Å². The number of hydrogen-bond donors (Lipinski definition) is 5. The standard InChI is InChI=1S/C11H14N4O6/c16-1-4-7(18)8(19)11(21-4)15-3-12-6-9(15)13-5(2-17)14-10(6)20/h2-5,7-8,11,13,16,18-19H,1H2,(H,14,20)/t4-,5?,7-,8-,11-/m1/s1. The van der Waals surface area contributed by atoms with E-state index in [4.69, 9.17) is 9.84 Å². The summed E-state index contributed by atoms with van der Waals surface area (Å²) in [6.45, 7) is -0.462. The summed E-state index contributed by atoms with van der Waals surface area (Å²) < 4.78 is 6.68. The zero-order valence-electron chi connectivity index (χ0n) is 10.7. The highest BCUT2D eigenvalue weighted by Crippen LogP contribution is 2.33. The summed E-state index contributed by atoms with van der Waals surface area (Å²) in [5.41, 5.74) is 0.0471. The van der Waals surface area contributed by atoms with Crippen molar-refractivity contribution in [3.63, 3.8) is 0 Å². The average Bonchev–Trinajstić information content (AvgIpc) is 3.02. The second-order valence-electron chi connectivity index (χ2n) is 4.81. The highest BCUT2D eigenvalue weighted by atomic mass is 16.6. The van der Waals surface area contributed by atoms with Gasteiger partial charge in [-0.15, -0.1) is 0 Å².